The summed E-state index contributed by atoms with van der Waals surface area (Å²) in [7, 11) is 4.56. The van der Waals surface area contributed by atoms with Crippen LogP contribution in [0.15, 0.2) is 0 Å². The van der Waals surface area contributed by atoms with E-state index in [-0.39, 0.29) is 10.8 Å². The van der Waals surface area contributed by atoms with Crippen LogP contribution in [0.5, 0.6) is 0 Å². The zero-order valence-corrected chi connectivity index (χ0v) is 17.4. The lowest BCUT2D eigenvalue weighted by Gasteiger charge is -2.52. The van der Waals surface area contributed by atoms with E-state index in [1.807, 2.05) is 0 Å². The third kappa shape index (κ3) is 3.31. The lowest BCUT2D eigenvalue weighted by Crippen LogP contribution is -2.54. The highest BCUT2D eigenvalue weighted by atomic mass is 16.2. The maximum Gasteiger partial charge on any atom is 0.223 e. The average Bonchev–Trinajstić information content (AvgIpc) is 3.25. The largest absolute Gasteiger partial charge is 0.342 e. The number of amides is 1. The van der Waals surface area contributed by atoms with Gasteiger partial charge in [-0.15, -0.1) is 0 Å². The highest BCUT2D eigenvalue weighted by Gasteiger charge is 2.52. The smallest absolute Gasteiger partial charge is 0.223 e. The van der Waals surface area contributed by atoms with E-state index in [9.17, 15) is 10.1 Å². The van der Waals surface area contributed by atoms with Gasteiger partial charge >= 0.3 is 0 Å². The molecular weight excluding hydrogens is 334 g/mol. The van der Waals surface area contributed by atoms with Crippen molar-refractivity contribution in [1.29, 1.82) is 5.26 Å². The molecule has 0 aromatic rings. The van der Waals surface area contributed by atoms with Crippen molar-refractivity contribution in [2.24, 2.45) is 16.7 Å². The number of hydrogen-bond acceptors (Lipinski definition) is 3. The number of hydrogen-bond donors (Lipinski definition) is 0. The Labute approximate surface area is 165 Å². The second-order valence-electron chi connectivity index (χ2n) is 10.5. The van der Waals surface area contributed by atoms with Crippen molar-refractivity contribution in [3.05, 3.63) is 0 Å². The van der Waals surface area contributed by atoms with Gasteiger partial charge in [-0.2, -0.15) is 5.26 Å². The van der Waals surface area contributed by atoms with Gasteiger partial charge in [-0.25, -0.2) is 0 Å². The molecule has 4 nitrogen and oxygen atoms in total. The predicted molar refractivity (Wildman–Crippen MR) is 107 cm³/mol. The van der Waals surface area contributed by atoms with Crippen LogP contribution in [-0.4, -0.2) is 48.4 Å². The first-order chi connectivity index (χ1) is 12.9. The van der Waals surface area contributed by atoms with Crippen molar-refractivity contribution >= 4 is 5.91 Å². The lowest BCUT2D eigenvalue weighted by atomic mass is 9.62. The Morgan fingerprint density at radius 2 is 1.74 bits per heavy atom. The van der Waals surface area contributed by atoms with Crippen LogP contribution >= 0.6 is 0 Å². The fraction of sp³-hybridized carbons (Fsp3) is 0.913. The maximum absolute atomic E-state index is 12.7. The van der Waals surface area contributed by atoms with Crippen LogP contribution in [0, 0.1) is 28.1 Å². The van der Waals surface area contributed by atoms with Gasteiger partial charge in [-0.1, -0.05) is 19.3 Å². The fourth-order valence-electron chi connectivity index (χ4n) is 6.79. The van der Waals surface area contributed by atoms with Crippen molar-refractivity contribution < 1.29 is 4.79 Å². The number of carbonyl (C=O) groups excluding carboxylic acids is 1. The van der Waals surface area contributed by atoms with E-state index >= 15 is 0 Å². The number of likely N-dealkylation sites (tertiary alicyclic amines) is 1. The average molecular weight is 372 g/mol. The molecule has 27 heavy (non-hydrogen) atoms. The predicted octanol–water partition coefficient (Wildman–Crippen LogP) is 4.35. The van der Waals surface area contributed by atoms with E-state index in [2.05, 4.69) is 30.0 Å². The minimum atomic E-state index is -0.120. The molecule has 4 fully saturated rings. The molecule has 1 heterocycles. The number of nitriles is 1. The van der Waals surface area contributed by atoms with Crippen LogP contribution < -0.4 is 0 Å². The molecule has 1 amide bonds. The van der Waals surface area contributed by atoms with Gasteiger partial charge in [0, 0.05) is 25.0 Å². The Kier molecular flexibility index (Phi) is 5.04. The number of nitrogens with zero attached hydrogens (tertiary/aromatic N) is 3. The molecule has 0 N–H and O–H groups in total. The molecule has 3 saturated carbocycles. The second kappa shape index (κ2) is 7.07. The Hall–Kier alpha value is -1.08. The molecule has 150 valence electrons. The van der Waals surface area contributed by atoms with Crippen molar-refractivity contribution in [3.63, 3.8) is 0 Å². The van der Waals surface area contributed by atoms with Gasteiger partial charge < -0.3 is 9.80 Å². The molecule has 0 aromatic heterocycles. The molecule has 4 heteroatoms. The molecule has 0 bridgehead atoms. The van der Waals surface area contributed by atoms with Gasteiger partial charge in [-0.05, 0) is 83.2 Å². The maximum atomic E-state index is 12.7. The number of rotatable bonds is 5. The summed E-state index contributed by atoms with van der Waals surface area (Å²) in [6, 6.07) is 2.54. The summed E-state index contributed by atoms with van der Waals surface area (Å²) in [6.45, 7) is 1.75. The zero-order valence-electron chi connectivity index (χ0n) is 17.4. The first-order valence-electron chi connectivity index (χ1n) is 11.3. The quantitative estimate of drug-likeness (QED) is 0.722. The standard InChI is InChI=1S/C23H37N3O/c1-25(2)23(19-6-3-4-7-19)12-10-22(11-13-23)16-20(27)26(18-22)15-14-21(17-24)8-5-9-21/h19H,3-16,18H2,1-2H3. The molecule has 3 aliphatic carbocycles. The van der Waals surface area contributed by atoms with Crippen LogP contribution in [0.25, 0.3) is 0 Å². The van der Waals surface area contributed by atoms with Gasteiger partial charge in [-0.3, -0.25) is 4.79 Å². The minimum Gasteiger partial charge on any atom is -0.342 e. The van der Waals surface area contributed by atoms with Crippen LogP contribution in [-0.2, 0) is 4.79 Å². The van der Waals surface area contributed by atoms with E-state index in [1.165, 1.54) is 57.8 Å². The van der Waals surface area contributed by atoms with E-state index in [0.29, 0.717) is 11.4 Å². The third-order valence-electron chi connectivity index (χ3n) is 9.00. The summed E-state index contributed by atoms with van der Waals surface area (Å²) < 4.78 is 0. The Morgan fingerprint density at radius 1 is 1.07 bits per heavy atom. The molecule has 1 saturated heterocycles. The molecule has 0 radical (unpaired) electrons. The minimum absolute atomic E-state index is 0.120. The topological polar surface area (TPSA) is 47.3 Å². The molecule has 4 rings (SSSR count). The highest BCUT2D eigenvalue weighted by Crippen LogP contribution is 2.53. The summed E-state index contributed by atoms with van der Waals surface area (Å²) >= 11 is 0. The van der Waals surface area contributed by atoms with Gasteiger partial charge in [0.15, 0.2) is 0 Å². The molecule has 0 atom stereocenters. The molecule has 4 aliphatic rings. The van der Waals surface area contributed by atoms with Gasteiger partial charge in [0.1, 0.15) is 0 Å². The Morgan fingerprint density at radius 3 is 2.26 bits per heavy atom. The molecule has 0 unspecified atom stereocenters. The van der Waals surface area contributed by atoms with Crippen LogP contribution in [0.4, 0.5) is 0 Å². The van der Waals surface area contributed by atoms with Crippen molar-refractivity contribution in [2.45, 2.75) is 89.0 Å². The van der Waals surface area contributed by atoms with E-state index in [4.69, 9.17) is 0 Å². The molecule has 1 spiro atoms. The molecular formula is C23H37N3O. The van der Waals surface area contributed by atoms with E-state index < -0.39 is 0 Å². The van der Waals surface area contributed by atoms with Crippen LogP contribution in [0.2, 0.25) is 0 Å². The van der Waals surface area contributed by atoms with Crippen molar-refractivity contribution in [1.82, 2.24) is 9.80 Å². The summed E-state index contributed by atoms with van der Waals surface area (Å²) in [5.41, 5.74) is 0.467. The molecule has 0 aromatic carbocycles. The van der Waals surface area contributed by atoms with Gasteiger partial charge in [0.05, 0.1) is 11.5 Å². The number of carbonyl (C=O) groups is 1. The van der Waals surface area contributed by atoms with Crippen LogP contribution in [0.1, 0.15) is 83.5 Å². The fourth-order valence-corrected chi connectivity index (χ4v) is 6.79. The Balaban J connectivity index is 1.38. The highest BCUT2D eigenvalue weighted by molar-refractivity contribution is 5.79. The lowest BCUT2D eigenvalue weighted by molar-refractivity contribution is -0.128. The van der Waals surface area contributed by atoms with Crippen LogP contribution in [0.3, 0.4) is 0 Å². The second-order valence-corrected chi connectivity index (χ2v) is 10.5. The van der Waals surface area contributed by atoms with Crippen molar-refractivity contribution in [2.75, 3.05) is 27.2 Å². The molecule has 1 aliphatic heterocycles. The summed E-state index contributed by atoms with van der Waals surface area (Å²) in [5, 5.41) is 9.47. The normalized spacial score (nSPS) is 36.4. The summed E-state index contributed by atoms with van der Waals surface area (Å²) in [6.07, 6.45) is 15.4. The summed E-state index contributed by atoms with van der Waals surface area (Å²) in [4.78, 5) is 17.4. The van der Waals surface area contributed by atoms with Gasteiger partial charge in [0.2, 0.25) is 5.91 Å². The van der Waals surface area contributed by atoms with Gasteiger partial charge in [0.25, 0.3) is 0 Å². The van der Waals surface area contributed by atoms with E-state index in [1.54, 1.807) is 0 Å². The third-order valence-corrected chi connectivity index (χ3v) is 9.00. The first kappa shape index (κ1) is 19.2. The summed E-state index contributed by atoms with van der Waals surface area (Å²) in [5.74, 6) is 1.20. The SMILES string of the molecule is CN(C)C1(C2CCCC2)CCC2(CC1)CC(=O)N(CCC1(C#N)CCC1)C2. The monoisotopic (exact) mass is 371 g/mol. The first-order valence-corrected chi connectivity index (χ1v) is 11.3. The van der Waals surface area contributed by atoms with Crippen molar-refractivity contribution in [3.8, 4) is 6.07 Å². The van der Waals surface area contributed by atoms with E-state index in [0.717, 1.165) is 44.7 Å². The zero-order chi connectivity index (χ0) is 19.1. The Bertz CT molecular complexity index is 602.